The molecular weight excluding hydrogens is 188 g/mol. The highest BCUT2D eigenvalue weighted by Crippen LogP contribution is 2.15. The Morgan fingerprint density at radius 3 is 2.33 bits per heavy atom. The molecule has 0 aliphatic carbocycles. The molecule has 2 aromatic rings. The summed E-state index contributed by atoms with van der Waals surface area (Å²) in [6.45, 7) is 0. The van der Waals surface area contributed by atoms with Crippen LogP contribution in [0.5, 0.6) is 0 Å². The number of nitrogen functional groups attached to an aromatic ring is 1. The molecule has 0 spiro atoms. The summed E-state index contributed by atoms with van der Waals surface area (Å²) >= 11 is 0. The summed E-state index contributed by atoms with van der Waals surface area (Å²) in [5.41, 5.74) is 8.45. The summed E-state index contributed by atoms with van der Waals surface area (Å²) < 4.78 is 1.76. The number of nitrogens with two attached hydrogens (primary N) is 1. The summed E-state index contributed by atoms with van der Waals surface area (Å²) in [6.07, 6.45) is 3.44. The second kappa shape index (κ2) is 3.65. The maximum atomic E-state index is 5.60. The largest absolute Gasteiger partial charge is 0.396 e. The van der Waals surface area contributed by atoms with Crippen molar-refractivity contribution in [2.24, 2.45) is 0 Å². The van der Waals surface area contributed by atoms with Crippen LogP contribution in [0.1, 0.15) is 0 Å². The standard InChI is InChI=1S/C11H14N4/c1-14(2)10-3-5-11(6-4-10)15-8-9(12)7-13-15/h3-8H,12H2,1-2H3. The van der Waals surface area contributed by atoms with Crippen molar-refractivity contribution in [2.45, 2.75) is 0 Å². The van der Waals surface area contributed by atoms with Gasteiger partial charge < -0.3 is 10.6 Å². The van der Waals surface area contributed by atoms with Gasteiger partial charge in [0.05, 0.1) is 23.8 Å². The van der Waals surface area contributed by atoms with Crippen molar-refractivity contribution in [1.82, 2.24) is 9.78 Å². The van der Waals surface area contributed by atoms with Crippen LogP contribution in [0.2, 0.25) is 0 Å². The number of nitrogens with zero attached hydrogens (tertiary/aromatic N) is 3. The Balaban J connectivity index is 2.31. The molecule has 0 atom stereocenters. The maximum Gasteiger partial charge on any atom is 0.0724 e. The van der Waals surface area contributed by atoms with Crippen LogP contribution >= 0.6 is 0 Å². The van der Waals surface area contributed by atoms with E-state index in [1.165, 1.54) is 5.69 Å². The molecule has 0 radical (unpaired) electrons. The van der Waals surface area contributed by atoms with Crippen LogP contribution in [0.15, 0.2) is 36.7 Å². The molecule has 0 aliphatic rings. The number of aromatic nitrogens is 2. The van der Waals surface area contributed by atoms with Gasteiger partial charge in [0, 0.05) is 19.8 Å². The van der Waals surface area contributed by atoms with Crippen molar-refractivity contribution in [3.63, 3.8) is 0 Å². The number of anilines is 2. The molecule has 4 nitrogen and oxygen atoms in total. The maximum absolute atomic E-state index is 5.60. The first-order valence-electron chi connectivity index (χ1n) is 4.75. The number of hydrogen-bond acceptors (Lipinski definition) is 3. The summed E-state index contributed by atoms with van der Waals surface area (Å²) in [5, 5.41) is 4.14. The molecule has 4 heteroatoms. The van der Waals surface area contributed by atoms with Crippen LogP contribution in [-0.4, -0.2) is 23.9 Å². The monoisotopic (exact) mass is 202 g/mol. The van der Waals surface area contributed by atoms with Gasteiger partial charge in [0.1, 0.15) is 0 Å². The summed E-state index contributed by atoms with van der Waals surface area (Å²) in [6, 6.07) is 8.13. The third-order valence-electron chi connectivity index (χ3n) is 2.23. The number of hydrogen-bond donors (Lipinski definition) is 1. The molecule has 0 saturated heterocycles. The molecule has 0 unspecified atom stereocenters. The molecule has 0 fully saturated rings. The van der Waals surface area contributed by atoms with Crippen molar-refractivity contribution in [1.29, 1.82) is 0 Å². The predicted octanol–water partition coefficient (Wildman–Crippen LogP) is 1.52. The highest BCUT2D eigenvalue weighted by molar-refractivity contribution is 5.50. The van der Waals surface area contributed by atoms with Crippen LogP contribution in [0, 0.1) is 0 Å². The minimum Gasteiger partial charge on any atom is -0.396 e. The van der Waals surface area contributed by atoms with Gasteiger partial charge in [-0.15, -0.1) is 0 Å². The molecule has 0 bridgehead atoms. The lowest BCUT2D eigenvalue weighted by atomic mass is 10.2. The van der Waals surface area contributed by atoms with Crippen molar-refractivity contribution in [2.75, 3.05) is 24.7 Å². The Hall–Kier alpha value is -1.97. The van der Waals surface area contributed by atoms with E-state index in [0.29, 0.717) is 5.69 Å². The SMILES string of the molecule is CN(C)c1ccc(-n2cc(N)cn2)cc1. The zero-order valence-corrected chi connectivity index (χ0v) is 8.88. The van der Waals surface area contributed by atoms with E-state index in [9.17, 15) is 0 Å². The van der Waals surface area contributed by atoms with Crippen molar-refractivity contribution in [3.8, 4) is 5.69 Å². The van der Waals surface area contributed by atoms with Gasteiger partial charge in [-0.3, -0.25) is 0 Å². The Kier molecular flexibility index (Phi) is 2.33. The molecule has 0 saturated carbocycles. The Bertz CT molecular complexity index is 442. The zero-order valence-electron chi connectivity index (χ0n) is 8.88. The minimum atomic E-state index is 0.673. The molecule has 0 aliphatic heterocycles. The first kappa shape index (κ1) is 9.58. The quantitative estimate of drug-likeness (QED) is 0.803. The highest BCUT2D eigenvalue weighted by Gasteiger charge is 1.99. The highest BCUT2D eigenvalue weighted by atomic mass is 15.3. The van der Waals surface area contributed by atoms with Crippen molar-refractivity contribution in [3.05, 3.63) is 36.7 Å². The fourth-order valence-corrected chi connectivity index (χ4v) is 1.38. The lowest BCUT2D eigenvalue weighted by molar-refractivity contribution is 0.880. The van der Waals surface area contributed by atoms with Gasteiger partial charge in [-0.1, -0.05) is 0 Å². The Morgan fingerprint density at radius 2 is 1.87 bits per heavy atom. The molecule has 15 heavy (non-hydrogen) atoms. The van der Waals surface area contributed by atoms with Crippen molar-refractivity contribution >= 4 is 11.4 Å². The predicted molar refractivity (Wildman–Crippen MR) is 62.3 cm³/mol. The first-order valence-corrected chi connectivity index (χ1v) is 4.75. The fraction of sp³-hybridized carbons (Fsp3) is 0.182. The third kappa shape index (κ3) is 1.93. The lowest BCUT2D eigenvalue weighted by Crippen LogP contribution is -2.08. The molecule has 2 N–H and O–H groups in total. The molecule has 0 amide bonds. The summed E-state index contributed by atoms with van der Waals surface area (Å²) in [5.74, 6) is 0. The van der Waals surface area contributed by atoms with Gasteiger partial charge >= 0.3 is 0 Å². The smallest absolute Gasteiger partial charge is 0.0724 e. The fourth-order valence-electron chi connectivity index (χ4n) is 1.38. The van der Waals surface area contributed by atoms with Gasteiger partial charge in [0.2, 0.25) is 0 Å². The van der Waals surface area contributed by atoms with E-state index in [0.717, 1.165) is 5.69 Å². The summed E-state index contributed by atoms with van der Waals surface area (Å²) in [4.78, 5) is 2.06. The molecule has 2 rings (SSSR count). The average Bonchev–Trinajstić information content (AvgIpc) is 2.65. The van der Waals surface area contributed by atoms with Gasteiger partial charge in [-0.05, 0) is 24.3 Å². The van der Waals surface area contributed by atoms with E-state index in [2.05, 4.69) is 10.00 Å². The molecule has 1 heterocycles. The second-order valence-corrected chi connectivity index (χ2v) is 3.63. The molecular formula is C11H14N4. The second-order valence-electron chi connectivity index (χ2n) is 3.63. The molecule has 1 aromatic heterocycles. The lowest BCUT2D eigenvalue weighted by Gasteiger charge is -2.12. The van der Waals surface area contributed by atoms with Crippen LogP contribution in [0.4, 0.5) is 11.4 Å². The van der Waals surface area contributed by atoms with Crippen molar-refractivity contribution < 1.29 is 0 Å². The van der Waals surface area contributed by atoms with E-state index < -0.39 is 0 Å². The van der Waals surface area contributed by atoms with Gasteiger partial charge in [0.15, 0.2) is 0 Å². The van der Waals surface area contributed by atoms with Crippen LogP contribution in [0.25, 0.3) is 5.69 Å². The summed E-state index contributed by atoms with van der Waals surface area (Å²) in [7, 11) is 4.03. The van der Waals surface area contributed by atoms with E-state index in [1.54, 1.807) is 17.1 Å². The number of benzene rings is 1. The number of rotatable bonds is 2. The van der Waals surface area contributed by atoms with Gasteiger partial charge in [0.25, 0.3) is 0 Å². The van der Waals surface area contributed by atoms with Crippen LogP contribution in [0.3, 0.4) is 0 Å². The van der Waals surface area contributed by atoms with E-state index in [4.69, 9.17) is 5.73 Å². The zero-order chi connectivity index (χ0) is 10.8. The first-order chi connectivity index (χ1) is 7.16. The van der Waals surface area contributed by atoms with Crippen LogP contribution in [-0.2, 0) is 0 Å². The third-order valence-corrected chi connectivity index (χ3v) is 2.23. The normalized spacial score (nSPS) is 10.3. The topological polar surface area (TPSA) is 47.1 Å². The van der Waals surface area contributed by atoms with Crippen LogP contribution < -0.4 is 10.6 Å². The molecule has 1 aromatic carbocycles. The van der Waals surface area contributed by atoms with Gasteiger partial charge in [-0.25, -0.2) is 4.68 Å². The Labute approximate surface area is 88.9 Å². The molecule has 78 valence electrons. The average molecular weight is 202 g/mol. The van der Waals surface area contributed by atoms with E-state index in [1.807, 2.05) is 38.4 Å². The Morgan fingerprint density at radius 1 is 1.20 bits per heavy atom. The van der Waals surface area contributed by atoms with E-state index in [-0.39, 0.29) is 0 Å². The minimum absolute atomic E-state index is 0.673. The van der Waals surface area contributed by atoms with E-state index >= 15 is 0 Å². The van der Waals surface area contributed by atoms with Gasteiger partial charge in [-0.2, -0.15) is 5.10 Å².